The first-order valence-electron chi connectivity index (χ1n) is 3.49. The highest BCUT2D eigenvalue weighted by atomic mass is 16.5. The Morgan fingerprint density at radius 1 is 1.64 bits per heavy atom. The predicted molar refractivity (Wildman–Crippen MR) is 40.1 cm³/mol. The molecule has 0 spiro atoms. The van der Waals surface area contributed by atoms with Crippen LogP contribution in [-0.2, 0) is 11.3 Å². The third-order valence-electron chi connectivity index (χ3n) is 1.38. The average molecular weight is 156 g/mol. The molecule has 0 amide bonds. The van der Waals surface area contributed by atoms with Crippen LogP contribution in [0, 0.1) is 0 Å². The minimum absolute atomic E-state index is 0.451. The molecule has 1 rings (SSSR count). The third kappa shape index (κ3) is 2.06. The van der Waals surface area contributed by atoms with Crippen molar-refractivity contribution in [1.82, 2.24) is 0 Å². The molecule has 0 unspecified atom stereocenters. The quantitative estimate of drug-likeness (QED) is 0.720. The highest BCUT2D eigenvalue weighted by molar-refractivity contribution is 5.07. The van der Waals surface area contributed by atoms with Crippen LogP contribution in [0.3, 0.4) is 0 Å². The zero-order valence-corrected chi connectivity index (χ0v) is 6.70. The van der Waals surface area contributed by atoms with Crippen LogP contribution >= 0.6 is 0 Å². The predicted octanol–water partition coefficient (Wildman–Crippen LogP) is 1.48. The van der Waals surface area contributed by atoms with Crippen molar-refractivity contribution in [2.75, 3.05) is 7.11 Å². The molecule has 0 aliphatic carbocycles. The first-order valence-corrected chi connectivity index (χ1v) is 3.49. The van der Waals surface area contributed by atoms with Gasteiger partial charge in [-0.1, -0.05) is 0 Å². The molecule has 0 saturated heterocycles. The van der Waals surface area contributed by atoms with Gasteiger partial charge in [-0.15, -0.1) is 0 Å². The summed E-state index contributed by atoms with van der Waals surface area (Å²) in [5.41, 5.74) is 0. The molecule has 62 valence electrons. The second-order valence-electron chi connectivity index (χ2n) is 2.41. The molecule has 0 bridgehead atoms. The van der Waals surface area contributed by atoms with Crippen molar-refractivity contribution in [2.45, 2.75) is 19.6 Å². The maximum absolute atomic E-state index is 9.07. The van der Waals surface area contributed by atoms with Crippen LogP contribution in [0.1, 0.15) is 24.5 Å². The normalized spacial score (nSPS) is 13.4. The van der Waals surface area contributed by atoms with E-state index in [1.54, 1.807) is 26.2 Å². The Labute approximate surface area is 65.6 Å². The number of aliphatic hydroxyl groups excluding tert-OH is 1. The minimum Gasteiger partial charge on any atom is -0.461 e. The second kappa shape index (κ2) is 3.55. The molecule has 3 heteroatoms. The smallest absolute Gasteiger partial charge is 0.132 e. The molecule has 0 aliphatic heterocycles. The number of rotatable bonds is 3. The van der Waals surface area contributed by atoms with E-state index in [-0.39, 0.29) is 0 Å². The summed E-state index contributed by atoms with van der Waals surface area (Å²) in [5, 5.41) is 9.07. The molecule has 0 radical (unpaired) electrons. The van der Waals surface area contributed by atoms with E-state index in [9.17, 15) is 0 Å². The van der Waals surface area contributed by atoms with Crippen molar-refractivity contribution < 1.29 is 14.3 Å². The van der Waals surface area contributed by atoms with E-state index in [0.717, 1.165) is 5.76 Å². The van der Waals surface area contributed by atoms with Gasteiger partial charge >= 0.3 is 0 Å². The van der Waals surface area contributed by atoms with Gasteiger partial charge < -0.3 is 14.3 Å². The van der Waals surface area contributed by atoms with E-state index in [1.807, 2.05) is 0 Å². The molecular formula is C8H12O3. The monoisotopic (exact) mass is 156 g/mol. The fourth-order valence-corrected chi connectivity index (χ4v) is 0.839. The first-order chi connectivity index (χ1) is 5.24. The molecular weight excluding hydrogens is 144 g/mol. The summed E-state index contributed by atoms with van der Waals surface area (Å²) < 4.78 is 10.1. The number of ether oxygens (including phenoxy) is 1. The van der Waals surface area contributed by atoms with Gasteiger partial charge in [0, 0.05) is 7.11 Å². The molecule has 0 fully saturated rings. The summed E-state index contributed by atoms with van der Waals surface area (Å²) in [6.45, 7) is 2.11. The van der Waals surface area contributed by atoms with Crippen LogP contribution in [0.15, 0.2) is 16.5 Å². The first kappa shape index (κ1) is 8.30. The Bertz CT molecular complexity index is 215. The average Bonchev–Trinajstić information content (AvgIpc) is 2.37. The summed E-state index contributed by atoms with van der Waals surface area (Å²) in [6, 6.07) is 3.55. The number of hydrogen-bond acceptors (Lipinski definition) is 3. The maximum Gasteiger partial charge on any atom is 0.132 e. The Balaban J connectivity index is 2.66. The third-order valence-corrected chi connectivity index (χ3v) is 1.38. The van der Waals surface area contributed by atoms with E-state index in [4.69, 9.17) is 14.3 Å². The van der Waals surface area contributed by atoms with Gasteiger partial charge in [0.25, 0.3) is 0 Å². The van der Waals surface area contributed by atoms with E-state index in [2.05, 4.69) is 0 Å². The zero-order valence-electron chi connectivity index (χ0n) is 6.70. The van der Waals surface area contributed by atoms with Gasteiger partial charge in [-0.3, -0.25) is 0 Å². The van der Waals surface area contributed by atoms with Crippen LogP contribution < -0.4 is 0 Å². The van der Waals surface area contributed by atoms with Gasteiger partial charge in [0.1, 0.15) is 24.2 Å². The number of methoxy groups -OCH3 is 1. The minimum atomic E-state index is -0.541. The Kier molecular flexibility index (Phi) is 2.68. The van der Waals surface area contributed by atoms with E-state index in [1.165, 1.54) is 0 Å². The highest BCUT2D eigenvalue weighted by Gasteiger charge is 2.05. The van der Waals surface area contributed by atoms with Crippen LogP contribution in [0.5, 0.6) is 0 Å². The zero-order chi connectivity index (χ0) is 8.27. The summed E-state index contributed by atoms with van der Waals surface area (Å²) in [5.74, 6) is 1.32. The van der Waals surface area contributed by atoms with Crippen molar-refractivity contribution in [3.05, 3.63) is 23.7 Å². The Morgan fingerprint density at radius 2 is 2.36 bits per heavy atom. The van der Waals surface area contributed by atoms with Crippen LogP contribution in [0.2, 0.25) is 0 Å². The summed E-state index contributed by atoms with van der Waals surface area (Å²) in [7, 11) is 1.60. The lowest BCUT2D eigenvalue weighted by Crippen LogP contribution is -1.87. The maximum atomic E-state index is 9.07. The van der Waals surface area contributed by atoms with Crippen molar-refractivity contribution in [3.8, 4) is 0 Å². The SMILES string of the molecule is COCc1ccc([C@H](C)O)o1. The van der Waals surface area contributed by atoms with Gasteiger partial charge in [-0.05, 0) is 19.1 Å². The van der Waals surface area contributed by atoms with Crippen molar-refractivity contribution in [1.29, 1.82) is 0 Å². The van der Waals surface area contributed by atoms with E-state index >= 15 is 0 Å². The molecule has 0 saturated carbocycles. The fourth-order valence-electron chi connectivity index (χ4n) is 0.839. The van der Waals surface area contributed by atoms with Crippen LogP contribution in [0.25, 0.3) is 0 Å². The van der Waals surface area contributed by atoms with E-state index in [0.29, 0.717) is 12.4 Å². The molecule has 1 aromatic heterocycles. The molecule has 1 heterocycles. The topological polar surface area (TPSA) is 42.6 Å². The standard InChI is InChI=1S/C8H12O3/c1-6(9)8-4-3-7(11-8)5-10-2/h3-4,6,9H,5H2,1-2H3/t6-/m0/s1. The summed E-state index contributed by atoms with van der Waals surface area (Å²) in [4.78, 5) is 0. The molecule has 0 aromatic carbocycles. The molecule has 1 N–H and O–H groups in total. The van der Waals surface area contributed by atoms with E-state index < -0.39 is 6.10 Å². The second-order valence-corrected chi connectivity index (χ2v) is 2.41. The van der Waals surface area contributed by atoms with Gasteiger partial charge in [0.2, 0.25) is 0 Å². The number of hydrogen-bond donors (Lipinski definition) is 1. The Hall–Kier alpha value is -0.800. The van der Waals surface area contributed by atoms with Crippen molar-refractivity contribution in [3.63, 3.8) is 0 Å². The number of furan rings is 1. The summed E-state index contributed by atoms with van der Waals surface area (Å²) >= 11 is 0. The highest BCUT2D eigenvalue weighted by Crippen LogP contribution is 2.15. The lowest BCUT2D eigenvalue weighted by molar-refractivity contribution is 0.141. The lowest BCUT2D eigenvalue weighted by atomic mass is 10.3. The van der Waals surface area contributed by atoms with Gasteiger partial charge in [0.05, 0.1) is 0 Å². The molecule has 3 nitrogen and oxygen atoms in total. The number of aliphatic hydroxyl groups is 1. The fraction of sp³-hybridized carbons (Fsp3) is 0.500. The van der Waals surface area contributed by atoms with Gasteiger partial charge in [0.15, 0.2) is 0 Å². The van der Waals surface area contributed by atoms with Crippen molar-refractivity contribution in [2.24, 2.45) is 0 Å². The summed E-state index contributed by atoms with van der Waals surface area (Å²) in [6.07, 6.45) is -0.541. The largest absolute Gasteiger partial charge is 0.461 e. The van der Waals surface area contributed by atoms with Gasteiger partial charge in [-0.2, -0.15) is 0 Å². The molecule has 1 atom stereocenters. The van der Waals surface area contributed by atoms with Crippen LogP contribution in [-0.4, -0.2) is 12.2 Å². The Morgan fingerprint density at radius 3 is 2.82 bits per heavy atom. The molecule has 0 aliphatic rings. The van der Waals surface area contributed by atoms with Crippen LogP contribution in [0.4, 0.5) is 0 Å². The molecule has 1 aromatic rings. The van der Waals surface area contributed by atoms with Crippen molar-refractivity contribution >= 4 is 0 Å². The van der Waals surface area contributed by atoms with Gasteiger partial charge in [-0.25, -0.2) is 0 Å². The lowest BCUT2D eigenvalue weighted by Gasteiger charge is -1.97. The molecule has 11 heavy (non-hydrogen) atoms.